The van der Waals surface area contributed by atoms with Crippen LogP contribution in [0.1, 0.15) is 34.1 Å². The second-order valence-corrected chi connectivity index (χ2v) is 6.39. The topological polar surface area (TPSA) is 45.5 Å². The molecule has 19 heavy (non-hydrogen) atoms. The third-order valence-corrected chi connectivity index (χ3v) is 2.95. The van der Waals surface area contributed by atoms with E-state index < -0.39 is 0 Å². The lowest BCUT2D eigenvalue weighted by Crippen LogP contribution is -2.46. The molecule has 0 aromatic carbocycles. The summed E-state index contributed by atoms with van der Waals surface area (Å²) >= 11 is 0. The Bertz CT molecular complexity index is 434. The van der Waals surface area contributed by atoms with Gasteiger partial charge in [-0.25, -0.2) is 4.68 Å². The number of hydrogen-bond acceptors (Lipinski definition) is 3. The van der Waals surface area contributed by atoms with E-state index in [2.05, 4.69) is 27.7 Å². The van der Waals surface area contributed by atoms with Crippen LogP contribution in [0.2, 0.25) is 0 Å². The molecule has 0 radical (unpaired) electrons. The normalized spacial score (nSPS) is 13.3. The maximum Gasteiger partial charge on any atom is 0.268 e. The molecule has 1 aromatic rings. The van der Waals surface area contributed by atoms with Crippen LogP contribution in [0.4, 0.5) is 0 Å². The van der Waals surface area contributed by atoms with Crippen LogP contribution < -0.4 is 10.6 Å². The second-order valence-electron chi connectivity index (χ2n) is 6.39. The van der Waals surface area contributed by atoms with Crippen molar-refractivity contribution >= 4 is 0 Å². The summed E-state index contributed by atoms with van der Waals surface area (Å²) in [5, 5.41) is 11.1. The highest BCUT2D eigenvalue weighted by atomic mass is 16.3. The van der Waals surface area contributed by atoms with Crippen LogP contribution in [0.3, 0.4) is 0 Å². The first kappa shape index (κ1) is 15.8. The molecule has 1 heterocycles. The van der Waals surface area contributed by atoms with Crippen LogP contribution in [-0.2, 0) is 0 Å². The smallest absolute Gasteiger partial charge is 0.268 e. The molecule has 0 fully saturated rings. The van der Waals surface area contributed by atoms with Crippen molar-refractivity contribution in [2.24, 2.45) is 11.3 Å². The standard InChI is InChI=1S/C15H26N2O2/c1-13(11-15(2,3)4)12-16(9-10-18)17-8-6-5-7-14(17)19/h5-8,13,18H,9-12H2,1-4H3. The molecular weight excluding hydrogens is 240 g/mol. The van der Waals surface area contributed by atoms with Crippen LogP contribution in [0.15, 0.2) is 29.2 Å². The van der Waals surface area contributed by atoms with E-state index in [-0.39, 0.29) is 17.6 Å². The van der Waals surface area contributed by atoms with Crippen molar-refractivity contribution in [1.29, 1.82) is 0 Å². The zero-order valence-electron chi connectivity index (χ0n) is 12.5. The summed E-state index contributed by atoms with van der Waals surface area (Å²) in [7, 11) is 0. The molecular formula is C15H26N2O2. The molecule has 0 aliphatic carbocycles. The number of aromatic nitrogens is 1. The Labute approximate surface area is 115 Å². The summed E-state index contributed by atoms with van der Waals surface area (Å²) in [4.78, 5) is 11.8. The molecule has 1 rings (SSSR count). The van der Waals surface area contributed by atoms with Gasteiger partial charge in [0.15, 0.2) is 0 Å². The van der Waals surface area contributed by atoms with Crippen molar-refractivity contribution in [2.45, 2.75) is 34.1 Å². The average Bonchev–Trinajstić information content (AvgIpc) is 2.26. The molecule has 0 spiro atoms. The molecule has 108 valence electrons. The lowest BCUT2D eigenvalue weighted by Gasteiger charge is -2.31. The van der Waals surface area contributed by atoms with E-state index in [9.17, 15) is 9.90 Å². The van der Waals surface area contributed by atoms with E-state index in [1.807, 2.05) is 11.1 Å². The quantitative estimate of drug-likeness (QED) is 0.854. The number of rotatable bonds is 6. The second kappa shape index (κ2) is 6.75. The molecule has 1 N–H and O–H groups in total. The third-order valence-electron chi connectivity index (χ3n) is 2.95. The summed E-state index contributed by atoms with van der Waals surface area (Å²) in [6.45, 7) is 10.1. The molecule has 0 saturated heterocycles. The maximum atomic E-state index is 11.8. The van der Waals surface area contributed by atoms with E-state index in [4.69, 9.17) is 0 Å². The molecule has 1 atom stereocenters. The zero-order valence-corrected chi connectivity index (χ0v) is 12.5. The van der Waals surface area contributed by atoms with Gasteiger partial charge in [0.1, 0.15) is 0 Å². The van der Waals surface area contributed by atoms with E-state index in [0.717, 1.165) is 13.0 Å². The lowest BCUT2D eigenvalue weighted by molar-refractivity contribution is 0.269. The first-order valence-electron chi connectivity index (χ1n) is 6.87. The van der Waals surface area contributed by atoms with Crippen molar-refractivity contribution < 1.29 is 5.11 Å². The van der Waals surface area contributed by atoms with Crippen molar-refractivity contribution in [2.75, 3.05) is 24.7 Å². The molecule has 0 amide bonds. The van der Waals surface area contributed by atoms with Gasteiger partial charge in [0, 0.05) is 18.8 Å². The van der Waals surface area contributed by atoms with Crippen LogP contribution >= 0.6 is 0 Å². The fourth-order valence-corrected chi connectivity index (χ4v) is 2.52. The Balaban J connectivity index is 2.79. The molecule has 1 aromatic heterocycles. The van der Waals surface area contributed by atoms with Gasteiger partial charge in [-0.2, -0.15) is 0 Å². The van der Waals surface area contributed by atoms with Gasteiger partial charge in [-0.1, -0.05) is 33.8 Å². The number of aliphatic hydroxyl groups is 1. The summed E-state index contributed by atoms with van der Waals surface area (Å²) < 4.78 is 1.59. The van der Waals surface area contributed by atoms with Crippen molar-refractivity contribution in [3.63, 3.8) is 0 Å². The maximum absolute atomic E-state index is 11.8. The van der Waals surface area contributed by atoms with E-state index in [0.29, 0.717) is 12.5 Å². The number of hydrogen-bond donors (Lipinski definition) is 1. The van der Waals surface area contributed by atoms with E-state index >= 15 is 0 Å². The monoisotopic (exact) mass is 266 g/mol. The predicted molar refractivity (Wildman–Crippen MR) is 79.0 cm³/mol. The third kappa shape index (κ3) is 5.47. The molecule has 1 unspecified atom stereocenters. The lowest BCUT2D eigenvalue weighted by atomic mass is 9.85. The van der Waals surface area contributed by atoms with Gasteiger partial charge in [0.2, 0.25) is 0 Å². The summed E-state index contributed by atoms with van der Waals surface area (Å²) in [5.41, 5.74) is 0.213. The fraction of sp³-hybridized carbons (Fsp3) is 0.667. The molecule has 0 aliphatic rings. The molecule has 4 heteroatoms. The Kier molecular flexibility index (Phi) is 5.60. The number of aliphatic hydroxyl groups excluding tert-OH is 1. The van der Waals surface area contributed by atoms with Gasteiger partial charge in [-0.05, 0) is 23.8 Å². The van der Waals surface area contributed by atoms with E-state index in [1.54, 1.807) is 23.0 Å². The number of pyridine rings is 1. The first-order valence-corrected chi connectivity index (χ1v) is 6.87. The highest BCUT2D eigenvalue weighted by Gasteiger charge is 2.18. The van der Waals surface area contributed by atoms with Crippen molar-refractivity contribution in [3.8, 4) is 0 Å². The Morgan fingerprint density at radius 1 is 1.37 bits per heavy atom. The zero-order chi connectivity index (χ0) is 14.5. The minimum absolute atomic E-state index is 0.0452. The summed E-state index contributed by atoms with van der Waals surface area (Å²) in [5.74, 6) is 0.457. The van der Waals surface area contributed by atoms with Gasteiger partial charge >= 0.3 is 0 Å². The summed E-state index contributed by atoms with van der Waals surface area (Å²) in [6.07, 6.45) is 2.83. The molecule has 0 saturated carbocycles. The average molecular weight is 266 g/mol. The molecule has 4 nitrogen and oxygen atoms in total. The Hall–Kier alpha value is -1.29. The van der Waals surface area contributed by atoms with Crippen LogP contribution in [0.25, 0.3) is 0 Å². The molecule has 0 aliphatic heterocycles. The predicted octanol–water partition coefficient (Wildman–Crippen LogP) is 1.85. The van der Waals surface area contributed by atoms with Crippen LogP contribution in [0.5, 0.6) is 0 Å². The fourth-order valence-electron chi connectivity index (χ4n) is 2.52. The molecule has 0 bridgehead atoms. The van der Waals surface area contributed by atoms with Crippen LogP contribution in [0, 0.1) is 11.3 Å². The Morgan fingerprint density at radius 2 is 2.05 bits per heavy atom. The minimum atomic E-state index is -0.0566. The van der Waals surface area contributed by atoms with Crippen molar-refractivity contribution in [3.05, 3.63) is 34.7 Å². The number of nitrogens with zero attached hydrogens (tertiary/aromatic N) is 2. The minimum Gasteiger partial charge on any atom is -0.394 e. The SMILES string of the molecule is CC(CN(CCO)n1ccccc1=O)CC(C)(C)C. The van der Waals surface area contributed by atoms with Gasteiger partial charge in [0.05, 0.1) is 13.2 Å². The Morgan fingerprint density at radius 3 is 2.58 bits per heavy atom. The van der Waals surface area contributed by atoms with Crippen LogP contribution in [-0.4, -0.2) is 29.5 Å². The van der Waals surface area contributed by atoms with Crippen molar-refractivity contribution in [1.82, 2.24) is 4.68 Å². The highest BCUT2D eigenvalue weighted by molar-refractivity contribution is 4.99. The van der Waals surface area contributed by atoms with Gasteiger partial charge in [0.25, 0.3) is 5.56 Å². The van der Waals surface area contributed by atoms with Gasteiger partial charge in [-0.3, -0.25) is 4.79 Å². The highest BCUT2D eigenvalue weighted by Crippen LogP contribution is 2.24. The van der Waals surface area contributed by atoms with E-state index in [1.165, 1.54) is 0 Å². The first-order chi connectivity index (χ1) is 8.83. The van der Waals surface area contributed by atoms with Gasteiger partial charge < -0.3 is 10.1 Å². The largest absolute Gasteiger partial charge is 0.394 e. The van der Waals surface area contributed by atoms with Gasteiger partial charge in [-0.15, -0.1) is 0 Å². The summed E-state index contributed by atoms with van der Waals surface area (Å²) in [6, 6.07) is 5.10.